The molecule has 2 heterocycles. The summed E-state index contributed by atoms with van der Waals surface area (Å²) in [5, 5.41) is 3.19. The Labute approximate surface area is 200 Å². The number of benzene rings is 3. The van der Waals surface area contributed by atoms with Crippen LogP contribution in [-0.2, 0) is 6.42 Å². The lowest BCUT2D eigenvalue weighted by atomic mass is 10.0. The summed E-state index contributed by atoms with van der Waals surface area (Å²) in [7, 11) is 1.58. The van der Waals surface area contributed by atoms with Crippen molar-refractivity contribution in [1.29, 1.82) is 0 Å². The van der Waals surface area contributed by atoms with Crippen molar-refractivity contribution in [3.8, 4) is 16.9 Å². The van der Waals surface area contributed by atoms with Gasteiger partial charge < -0.3 is 15.0 Å². The van der Waals surface area contributed by atoms with Crippen LogP contribution in [0.2, 0.25) is 0 Å². The van der Waals surface area contributed by atoms with E-state index in [1.54, 1.807) is 19.2 Å². The van der Waals surface area contributed by atoms with E-state index in [2.05, 4.69) is 35.6 Å². The number of para-hydroxylation sites is 1. The number of fused-ring (bicyclic) bond motifs is 1. The number of piperidine rings is 1. The summed E-state index contributed by atoms with van der Waals surface area (Å²) < 4.78 is 5.34. The quantitative estimate of drug-likeness (QED) is 0.618. The number of rotatable bonds is 4. The third-order valence-corrected chi connectivity index (χ3v) is 6.77. The molecule has 0 bridgehead atoms. The lowest BCUT2D eigenvalue weighted by molar-refractivity contribution is 0.0705. The van der Waals surface area contributed by atoms with Crippen LogP contribution in [0, 0.1) is 0 Å². The molecule has 174 valence electrons. The van der Waals surface area contributed by atoms with Crippen LogP contribution in [0.1, 0.15) is 28.8 Å². The summed E-state index contributed by atoms with van der Waals surface area (Å²) in [5.74, 6) is 0.566. The predicted molar refractivity (Wildman–Crippen MR) is 133 cm³/mol. The molecule has 6 nitrogen and oxygen atoms in total. The minimum absolute atomic E-state index is 0.0232. The molecule has 5 rings (SSSR count). The summed E-state index contributed by atoms with van der Waals surface area (Å²) in [6.07, 6.45) is 2.33. The number of nitrogens with one attached hydrogen (secondary N) is 1. The van der Waals surface area contributed by atoms with Gasteiger partial charge in [0.2, 0.25) is 0 Å². The topological polar surface area (TPSA) is 61.9 Å². The Morgan fingerprint density at radius 3 is 2.38 bits per heavy atom. The third-order valence-electron chi connectivity index (χ3n) is 6.77. The summed E-state index contributed by atoms with van der Waals surface area (Å²) in [5.41, 5.74) is 5.13. The van der Waals surface area contributed by atoms with E-state index in [1.807, 2.05) is 40.1 Å². The number of hydrogen-bond donors (Lipinski definition) is 1. The van der Waals surface area contributed by atoms with Gasteiger partial charge in [-0.25, -0.2) is 4.79 Å². The molecule has 0 saturated carbocycles. The minimum Gasteiger partial charge on any atom is -0.496 e. The Balaban J connectivity index is 1.19. The van der Waals surface area contributed by atoms with Crippen molar-refractivity contribution in [3.63, 3.8) is 0 Å². The van der Waals surface area contributed by atoms with E-state index in [-0.39, 0.29) is 18.0 Å². The van der Waals surface area contributed by atoms with E-state index >= 15 is 0 Å². The minimum atomic E-state index is -0.0549. The Morgan fingerprint density at radius 1 is 0.882 bits per heavy atom. The normalized spacial score (nSPS) is 15.7. The van der Waals surface area contributed by atoms with E-state index in [0.29, 0.717) is 30.9 Å². The van der Waals surface area contributed by atoms with Crippen LogP contribution in [0.25, 0.3) is 11.1 Å². The molecule has 6 heteroatoms. The molecule has 2 aliphatic heterocycles. The van der Waals surface area contributed by atoms with E-state index < -0.39 is 0 Å². The molecule has 0 aliphatic carbocycles. The zero-order chi connectivity index (χ0) is 23.5. The van der Waals surface area contributed by atoms with Gasteiger partial charge in [-0.05, 0) is 60.2 Å². The molecule has 3 amide bonds. The maximum absolute atomic E-state index is 13.1. The largest absolute Gasteiger partial charge is 0.496 e. The van der Waals surface area contributed by atoms with Gasteiger partial charge in [0, 0.05) is 31.4 Å². The second kappa shape index (κ2) is 9.59. The zero-order valence-electron chi connectivity index (χ0n) is 19.4. The van der Waals surface area contributed by atoms with Crippen molar-refractivity contribution in [2.45, 2.75) is 25.3 Å². The van der Waals surface area contributed by atoms with E-state index in [0.717, 1.165) is 24.9 Å². The van der Waals surface area contributed by atoms with Crippen molar-refractivity contribution >= 4 is 17.6 Å². The fourth-order valence-corrected chi connectivity index (χ4v) is 4.89. The van der Waals surface area contributed by atoms with Crippen molar-refractivity contribution in [2.24, 2.45) is 0 Å². The highest BCUT2D eigenvalue weighted by atomic mass is 16.5. The lowest BCUT2D eigenvalue weighted by Gasteiger charge is -2.33. The van der Waals surface area contributed by atoms with Gasteiger partial charge in [0.1, 0.15) is 5.75 Å². The van der Waals surface area contributed by atoms with Crippen molar-refractivity contribution in [3.05, 3.63) is 83.9 Å². The fraction of sp³-hybridized carbons (Fsp3) is 0.286. The number of methoxy groups -OCH3 is 1. The number of hydrogen-bond acceptors (Lipinski definition) is 3. The van der Waals surface area contributed by atoms with Crippen LogP contribution in [0.3, 0.4) is 0 Å². The van der Waals surface area contributed by atoms with Crippen LogP contribution in [-0.4, -0.2) is 49.6 Å². The number of nitrogens with zero attached hydrogens (tertiary/aromatic N) is 2. The maximum Gasteiger partial charge on any atom is 0.322 e. The number of carbonyl (C=O) groups excluding carboxylic acids is 2. The maximum atomic E-state index is 13.1. The molecular weight excluding hydrogens is 426 g/mol. The Hall–Kier alpha value is -3.80. The van der Waals surface area contributed by atoms with Crippen molar-refractivity contribution < 1.29 is 14.3 Å². The highest BCUT2D eigenvalue weighted by molar-refractivity contribution is 5.97. The highest BCUT2D eigenvalue weighted by Crippen LogP contribution is 2.32. The Bertz CT molecular complexity index is 1190. The molecule has 34 heavy (non-hydrogen) atoms. The fourth-order valence-electron chi connectivity index (χ4n) is 4.89. The van der Waals surface area contributed by atoms with Crippen molar-refractivity contribution in [2.75, 3.05) is 31.6 Å². The average molecular weight is 456 g/mol. The van der Waals surface area contributed by atoms with Gasteiger partial charge in [0.05, 0.1) is 12.7 Å². The van der Waals surface area contributed by atoms with Gasteiger partial charge in [-0.3, -0.25) is 9.69 Å². The second-order valence-electron chi connectivity index (χ2n) is 8.83. The van der Waals surface area contributed by atoms with Crippen molar-refractivity contribution in [1.82, 2.24) is 10.2 Å². The highest BCUT2D eigenvalue weighted by Gasteiger charge is 2.29. The first-order valence-corrected chi connectivity index (χ1v) is 11.8. The number of carbonyl (C=O) groups is 2. The molecule has 0 aromatic heterocycles. The van der Waals surface area contributed by atoms with Crippen LogP contribution in [0.5, 0.6) is 5.75 Å². The molecule has 0 unspecified atom stereocenters. The molecule has 3 aromatic rings. The standard InChI is InChI=1S/C28H29N3O3/c1-34-26-10-6-5-9-24(26)27(32)30-16-14-23(15-17-30)29-28(33)31-18-13-22-19-21(11-12-25(22)31)20-7-3-2-4-8-20/h2-12,19,23H,13-18H2,1H3,(H,29,33). The van der Waals surface area contributed by atoms with Gasteiger partial charge in [-0.1, -0.05) is 48.5 Å². The average Bonchev–Trinajstić information content (AvgIpc) is 3.33. The Morgan fingerprint density at radius 2 is 1.62 bits per heavy atom. The first kappa shape index (κ1) is 22.0. The first-order valence-electron chi connectivity index (χ1n) is 11.8. The van der Waals surface area contributed by atoms with Crippen LogP contribution in [0.15, 0.2) is 72.8 Å². The van der Waals surface area contributed by atoms with Crippen LogP contribution < -0.4 is 15.0 Å². The smallest absolute Gasteiger partial charge is 0.322 e. The van der Waals surface area contributed by atoms with Gasteiger partial charge in [0.25, 0.3) is 5.91 Å². The molecular formula is C28H29N3O3. The number of likely N-dealkylation sites (tertiary alicyclic amines) is 1. The first-order chi connectivity index (χ1) is 16.6. The SMILES string of the molecule is COc1ccccc1C(=O)N1CCC(NC(=O)N2CCc3cc(-c4ccccc4)ccc32)CC1. The monoisotopic (exact) mass is 455 g/mol. The molecule has 0 radical (unpaired) electrons. The van der Waals surface area contributed by atoms with Gasteiger partial charge in [-0.15, -0.1) is 0 Å². The van der Waals surface area contributed by atoms with E-state index in [9.17, 15) is 9.59 Å². The van der Waals surface area contributed by atoms with Crippen LogP contribution in [0.4, 0.5) is 10.5 Å². The molecule has 0 spiro atoms. The summed E-state index contributed by atoms with van der Waals surface area (Å²) in [6, 6.07) is 23.9. The van der Waals surface area contributed by atoms with E-state index in [4.69, 9.17) is 4.74 Å². The second-order valence-corrected chi connectivity index (χ2v) is 8.83. The number of anilines is 1. The number of amides is 3. The third kappa shape index (κ3) is 4.36. The van der Waals surface area contributed by atoms with Crippen LogP contribution >= 0.6 is 0 Å². The lowest BCUT2D eigenvalue weighted by Crippen LogP contribution is -2.50. The molecule has 2 aliphatic rings. The zero-order valence-corrected chi connectivity index (χ0v) is 19.4. The molecule has 1 saturated heterocycles. The predicted octanol–water partition coefficient (Wildman–Crippen LogP) is 4.74. The van der Waals surface area contributed by atoms with Gasteiger partial charge >= 0.3 is 6.03 Å². The van der Waals surface area contributed by atoms with Gasteiger partial charge in [-0.2, -0.15) is 0 Å². The Kier molecular flexibility index (Phi) is 6.21. The summed E-state index contributed by atoms with van der Waals surface area (Å²) in [4.78, 5) is 29.7. The van der Waals surface area contributed by atoms with E-state index in [1.165, 1.54) is 16.7 Å². The number of urea groups is 1. The molecule has 0 atom stereocenters. The number of ether oxygens (including phenoxy) is 1. The summed E-state index contributed by atoms with van der Waals surface area (Å²) >= 11 is 0. The van der Waals surface area contributed by atoms with Gasteiger partial charge in [0.15, 0.2) is 0 Å². The molecule has 3 aromatic carbocycles. The molecule has 1 N–H and O–H groups in total. The molecule has 1 fully saturated rings. The summed E-state index contributed by atoms with van der Waals surface area (Å²) in [6.45, 7) is 1.91.